The highest BCUT2D eigenvalue weighted by Gasteiger charge is 2.37. The number of carbonyl (C=O) groups is 1. The van der Waals surface area contributed by atoms with Gasteiger partial charge >= 0.3 is 0 Å². The Kier molecular flexibility index (Phi) is 3.93. The summed E-state index contributed by atoms with van der Waals surface area (Å²) in [5.74, 6) is 2.63. The molecule has 0 saturated carbocycles. The van der Waals surface area contributed by atoms with Crippen LogP contribution in [0.1, 0.15) is 12.8 Å². The van der Waals surface area contributed by atoms with Crippen LogP contribution in [-0.4, -0.2) is 56.4 Å². The van der Waals surface area contributed by atoms with Gasteiger partial charge in [-0.15, -0.1) is 6.42 Å². The monoisotopic (exact) mass is 270 g/mol. The predicted octanol–water partition coefficient (Wildman–Crippen LogP) is -0.755. The number of hydrogen-bond donors (Lipinski definition) is 1. The Morgan fingerprint density at radius 1 is 1.44 bits per heavy atom. The zero-order valence-corrected chi connectivity index (χ0v) is 11.1. The van der Waals surface area contributed by atoms with E-state index < -0.39 is 9.84 Å². The van der Waals surface area contributed by atoms with Gasteiger partial charge in [-0.1, -0.05) is 5.92 Å². The second kappa shape index (κ2) is 5.29. The largest absolute Gasteiger partial charge is 0.327 e. The molecule has 2 aliphatic rings. The van der Waals surface area contributed by atoms with Gasteiger partial charge in [-0.05, 0) is 19.4 Å². The van der Waals surface area contributed by atoms with Crippen LogP contribution in [0.25, 0.3) is 0 Å². The maximum absolute atomic E-state index is 12.3. The molecule has 6 heteroatoms. The fourth-order valence-electron chi connectivity index (χ4n) is 2.61. The van der Waals surface area contributed by atoms with Crippen LogP contribution in [0, 0.1) is 18.3 Å². The highest BCUT2D eigenvalue weighted by Crippen LogP contribution is 2.21. The first-order valence-electron chi connectivity index (χ1n) is 6.18. The Labute approximate surface area is 108 Å². The van der Waals surface area contributed by atoms with E-state index in [9.17, 15) is 13.2 Å². The second-order valence-electron chi connectivity index (χ2n) is 4.92. The molecule has 1 N–H and O–H groups in total. The summed E-state index contributed by atoms with van der Waals surface area (Å²) in [5, 5.41) is 3.14. The molecule has 0 aliphatic carbocycles. The number of carbonyl (C=O) groups excluding carboxylic acids is 1. The van der Waals surface area contributed by atoms with E-state index in [0.29, 0.717) is 13.0 Å². The SMILES string of the molecule is C#CCN(C(=O)C1CCNC1)C1CCS(=O)(=O)C1. The first-order chi connectivity index (χ1) is 8.53. The standard InChI is InChI=1S/C12H18N2O3S/c1-2-6-14(11-4-7-18(16,17)9-11)12(15)10-3-5-13-8-10/h1,10-11,13H,3-9H2. The van der Waals surface area contributed by atoms with Crippen molar-refractivity contribution in [1.29, 1.82) is 0 Å². The summed E-state index contributed by atoms with van der Waals surface area (Å²) >= 11 is 0. The van der Waals surface area contributed by atoms with Crippen LogP contribution >= 0.6 is 0 Å². The van der Waals surface area contributed by atoms with Gasteiger partial charge in [0.2, 0.25) is 5.91 Å². The van der Waals surface area contributed by atoms with Crippen LogP contribution in [-0.2, 0) is 14.6 Å². The zero-order chi connectivity index (χ0) is 13.2. The quantitative estimate of drug-likeness (QED) is 0.685. The number of nitrogens with one attached hydrogen (secondary N) is 1. The van der Waals surface area contributed by atoms with E-state index in [1.807, 2.05) is 0 Å². The molecule has 2 fully saturated rings. The summed E-state index contributed by atoms with van der Waals surface area (Å²) < 4.78 is 23.0. The van der Waals surface area contributed by atoms with Crippen molar-refractivity contribution in [3.63, 3.8) is 0 Å². The van der Waals surface area contributed by atoms with Gasteiger partial charge in [-0.25, -0.2) is 8.42 Å². The van der Waals surface area contributed by atoms with Crippen LogP contribution in [0.2, 0.25) is 0 Å². The summed E-state index contributed by atoms with van der Waals surface area (Å²) in [4.78, 5) is 13.9. The van der Waals surface area contributed by atoms with E-state index >= 15 is 0 Å². The highest BCUT2D eigenvalue weighted by atomic mass is 32.2. The minimum Gasteiger partial charge on any atom is -0.327 e. The molecule has 2 rings (SSSR count). The van der Waals surface area contributed by atoms with Crippen molar-refractivity contribution in [2.24, 2.45) is 5.92 Å². The van der Waals surface area contributed by atoms with Gasteiger partial charge in [0.15, 0.2) is 9.84 Å². The van der Waals surface area contributed by atoms with Crippen LogP contribution in [0.15, 0.2) is 0 Å². The molecule has 0 bridgehead atoms. The number of sulfone groups is 1. The van der Waals surface area contributed by atoms with Crippen molar-refractivity contribution in [2.75, 3.05) is 31.1 Å². The number of rotatable bonds is 3. The topological polar surface area (TPSA) is 66.5 Å². The van der Waals surface area contributed by atoms with Crippen LogP contribution < -0.4 is 5.32 Å². The van der Waals surface area contributed by atoms with E-state index in [1.165, 1.54) is 0 Å². The summed E-state index contributed by atoms with van der Waals surface area (Å²) in [6.45, 7) is 1.71. The summed E-state index contributed by atoms with van der Waals surface area (Å²) in [7, 11) is -2.99. The minimum absolute atomic E-state index is 0.0000463. The van der Waals surface area contributed by atoms with E-state index in [1.54, 1.807) is 4.90 Å². The van der Waals surface area contributed by atoms with E-state index in [-0.39, 0.29) is 35.9 Å². The molecule has 2 heterocycles. The van der Waals surface area contributed by atoms with Crippen molar-refractivity contribution in [3.05, 3.63) is 0 Å². The molecule has 1 amide bonds. The molecule has 2 saturated heterocycles. The number of nitrogens with zero attached hydrogens (tertiary/aromatic N) is 1. The predicted molar refractivity (Wildman–Crippen MR) is 68.6 cm³/mol. The third-order valence-corrected chi connectivity index (χ3v) is 5.35. The van der Waals surface area contributed by atoms with Gasteiger partial charge < -0.3 is 10.2 Å². The smallest absolute Gasteiger partial charge is 0.228 e. The Bertz CT molecular complexity index is 460. The van der Waals surface area contributed by atoms with Crippen molar-refractivity contribution in [1.82, 2.24) is 10.2 Å². The fourth-order valence-corrected chi connectivity index (χ4v) is 4.34. The molecule has 2 unspecified atom stereocenters. The molecule has 2 atom stereocenters. The lowest BCUT2D eigenvalue weighted by Crippen LogP contribution is -2.45. The molecular weight excluding hydrogens is 252 g/mol. The number of terminal acetylenes is 1. The number of hydrogen-bond acceptors (Lipinski definition) is 4. The van der Waals surface area contributed by atoms with Gasteiger partial charge in [-0.2, -0.15) is 0 Å². The molecule has 18 heavy (non-hydrogen) atoms. The van der Waals surface area contributed by atoms with E-state index in [0.717, 1.165) is 13.0 Å². The van der Waals surface area contributed by atoms with Gasteiger partial charge in [0.1, 0.15) is 0 Å². The van der Waals surface area contributed by atoms with Gasteiger partial charge in [-0.3, -0.25) is 4.79 Å². The summed E-state index contributed by atoms with van der Waals surface area (Å²) in [6, 6.07) is -0.237. The Hall–Kier alpha value is -1.06. The van der Waals surface area contributed by atoms with Crippen molar-refractivity contribution in [2.45, 2.75) is 18.9 Å². The molecule has 0 aromatic rings. The molecule has 0 aromatic carbocycles. The van der Waals surface area contributed by atoms with Crippen molar-refractivity contribution < 1.29 is 13.2 Å². The average molecular weight is 270 g/mol. The zero-order valence-electron chi connectivity index (χ0n) is 10.3. The number of amides is 1. The molecule has 0 radical (unpaired) electrons. The first-order valence-corrected chi connectivity index (χ1v) is 8.01. The minimum atomic E-state index is -2.99. The van der Waals surface area contributed by atoms with E-state index in [4.69, 9.17) is 6.42 Å². The van der Waals surface area contributed by atoms with Crippen molar-refractivity contribution in [3.8, 4) is 12.3 Å². The third kappa shape index (κ3) is 2.85. The second-order valence-corrected chi connectivity index (χ2v) is 7.15. The third-order valence-electron chi connectivity index (χ3n) is 3.60. The Morgan fingerprint density at radius 3 is 2.72 bits per heavy atom. The average Bonchev–Trinajstić information content (AvgIpc) is 2.94. The molecule has 2 aliphatic heterocycles. The molecule has 5 nitrogen and oxygen atoms in total. The molecule has 0 spiro atoms. The van der Waals surface area contributed by atoms with Gasteiger partial charge in [0.05, 0.1) is 24.0 Å². The van der Waals surface area contributed by atoms with Gasteiger partial charge in [0.25, 0.3) is 0 Å². The fraction of sp³-hybridized carbons (Fsp3) is 0.750. The van der Waals surface area contributed by atoms with E-state index in [2.05, 4.69) is 11.2 Å². The first kappa shape index (κ1) is 13.4. The lowest BCUT2D eigenvalue weighted by atomic mass is 10.1. The van der Waals surface area contributed by atoms with Crippen LogP contribution in [0.4, 0.5) is 0 Å². The normalized spacial score (nSPS) is 29.9. The van der Waals surface area contributed by atoms with Gasteiger partial charge in [0, 0.05) is 12.6 Å². The molecular formula is C12H18N2O3S. The van der Waals surface area contributed by atoms with Crippen LogP contribution in [0.5, 0.6) is 0 Å². The summed E-state index contributed by atoms with van der Waals surface area (Å²) in [6.07, 6.45) is 6.61. The van der Waals surface area contributed by atoms with Crippen LogP contribution in [0.3, 0.4) is 0 Å². The lowest BCUT2D eigenvalue weighted by Gasteiger charge is -2.28. The highest BCUT2D eigenvalue weighted by molar-refractivity contribution is 7.91. The maximum atomic E-state index is 12.3. The molecule has 0 aromatic heterocycles. The Morgan fingerprint density at radius 2 is 2.22 bits per heavy atom. The lowest BCUT2D eigenvalue weighted by molar-refractivity contribution is -0.136. The maximum Gasteiger partial charge on any atom is 0.228 e. The summed E-state index contributed by atoms with van der Waals surface area (Å²) in [5.41, 5.74) is 0. The Balaban J connectivity index is 2.08. The van der Waals surface area contributed by atoms with Crippen molar-refractivity contribution >= 4 is 15.7 Å². The molecule has 100 valence electrons.